The summed E-state index contributed by atoms with van der Waals surface area (Å²) < 4.78 is 26.6. The highest BCUT2D eigenvalue weighted by Crippen LogP contribution is 2.14. The van der Waals surface area contributed by atoms with Crippen LogP contribution in [0.3, 0.4) is 0 Å². The molecule has 1 aromatic heterocycles. The standard InChI is InChI=1S/C14H19N3O2S2/c1-11-3-5-12(6-4-11)10-21(18,19)16-8-7-13-9-20-14(15-2)17-13/h3-6,9,16H,7-8,10H2,1-2H3,(H,15,17). The maximum atomic E-state index is 12.0. The maximum Gasteiger partial charge on any atom is 0.215 e. The highest BCUT2D eigenvalue weighted by Gasteiger charge is 2.11. The molecule has 0 aliphatic carbocycles. The second kappa shape index (κ2) is 7.02. The van der Waals surface area contributed by atoms with Gasteiger partial charge in [-0.2, -0.15) is 0 Å². The Balaban J connectivity index is 1.85. The van der Waals surface area contributed by atoms with E-state index in [1.165, 1.54) is 11.3 Å². The van der Waals surface area contributed by atoms with Gasteiger partial charge in [-0.1, -0.05) is 29.8 Å². The molecule has 7 heteroatoms. The molecule has 0 spiro atoms. The summed E-state index contributed by atoms with van der Waals surface area (Å²) in [6, 6.07) is 7.52. The predicted molar refractivity (Wildman–Crippen MR) is 87.2 cm³/mol. The number of aryl methyl sites for hydroxylation is 1. The van der Waals surface area contributed by atoms with Gasteiger partial charge in [0.1, 0.15) is 0 Å². The first kappa shape index (κ1) is 15.9. The molecule has 5 nitrogen and oxygen atoms in total. The summed E-state index contributed by atoms with van der Waals surface area (Å²) >= 11 is 1.51. The summed E-state index contributed by atoms with van der Waals surface area (Å²) in [5, 5.41) is 5.73. The van der Waals surface area contributed by atoms with Crippen molar-refractivity contribution in [2.75, 3.05) is 18.9 Å². The largest absolute Gasteiger partial charge is 0.365 e. The van der Waals surface area contributed by atoms with Crippen molar-refractivity contribution in [3.8, 4) is 0 Å². The van der Waals surface area contributed by atoms with E-state index in [9.17, 15) is 8.42 Å². The first-order chi connectivity index (χ1) is 9.98. The van der Waals surface area contributed by atoms with Gasteiger partial charge >= 0.3 is 0 Å². The van der Waals surface area contributed by atoms with Gasteiger partial charge < -0.3 is 5.32 Å². The predicted octanol–water partition coefficient (Wildman–Crippen LogP) is 2.16. The molecule has 0 amide bonds. The van der Waals surface area contributed by atoms with Crippen LogP contribution in [0.1, 0.15) is 16.8 Å². The third-order valence-corrected chi connectivity index (χ3v) is 5.21. The molecule has 2 aromatic rings. The lowest BCUT2D eigenvalue weighted by atomic mass is 10.2. The lowest BCUT2D eigenvalue weighted by Crippen LogP contribution is -2.27. The minimum atomic E-state index is -3.31. The van der Waals surface area contributed by atoms with Crippen LogP contribution in [0.4, 0.5) is 5.13 Å². The second-order valence-electron chi connectivity index (χ2n) is 4.78. The average Bonchev–Trinajstić information content (AvgIpc) is 2.89. The van der Waals surface area contributed by atoms with Crippen LogP contribution in [0.25, 0.3) is 0 Å². The van der Waals surface area contributed by atoms with Crippen LogP contribution in [0, 0.1) is 6.92 Å². The van der Waals surface area contributed by atoms with Gasteiger partial charge in [0.15, 0.2) is 5.13 Å². The average molecular weight is 325 g/mol. The molecule has 0 fully saturated rings. The first-order valence-electron chi connectivity index (χ1n) is 6.63. The van der Waals surface area contributed by atoms with Crippen molar-refractivity contribution in [1.29, 1.82) is 0 Å². The maximum absolute atomic E-state index is 12.0. The normalized spacial score (nSPS) is 11.5. The van der Waals surface area contributed by atoms with Crippen LogP contribution in [0.15, 0.2) is 29.6 Å². The van der Waals surface area contributed by atoms with E-state index >= 15 is 0 Å². The third-order valence-electron chi connectivity index (χ3n) is 2.95. The molecule has 0 radical (unpaired) electrons. The van der Waals surface area contributed by atoms with Crippen LogP contribution in [-0.2, 0) is 22.2 Å². The van der Waals surface area contributed by atoms with E-state index in [0.29, 0.717) is 13.0 Å². The molecule has 0 saturated carbocycles. The van der Waals surface area contributed by atoms with Gasteiger partial charge in [0.05, 0.1) is 11.4 Å². The van der Waals surface area contributed by atoms with Gasteiger partial charge in [-0.05, 0) is 12.5 Å². The molecule has 0 bridgehead atoms. The Morgan fingerprint density at radius 1 is 1.24 bits per heavy atom. The van der Waals surface area contributed by atoms with Gasteiger partial charge in [-0.25, -0.2) is 18.1 Å². The fourth-order valence-corrected chi connectivity index (χ4v) is 3.68. The number of rotatable bonds is 7. The SMILES string of the molecule is CNc1nc(CCNS(=O)(=O)Cc2ccc(C)cc2)cs1. The van der Waals surface area contributed by atoms with Crippen LogP contribution >= 0.6 is 11.3 Å². The van der Waals surface area contributed by atoms with E-state index in [0.717, 1.165) is 22.0 Å². The number of nitrogens with one attached hydrogen (secondary N) is 2. The number of anilines is 1. The lowest BCUT2D eigenvalue weighted by molar-refractivity contribution is 0.580. The molecule has 2 N–H and O–H groups in total. The zero-order valence-corrected chi connectivity index (χ0v) is 13.7. The summed E-state index contributed by atoms with van der Waals surface area (Å²) in [5.41, 5.74) is 2.80. The van der Waals surface area contributed by atoms with Crippen molar-refractivity contribution in [1.82, 2.24) is 9.71 Å². The Kier molecular flexibility index (Phi) is 5.33. The Morgan fingerprint density at radius 2 is 1.95 bits per heavy atom. The zero-order chi connectivity index (χ0) is 15.3. The molecule has 114 valence electrons. The molecule has 0 aliphatic heterocycles. The van der Waals surface area contributed by atoms with Crippen molar-refractivity contribution in [2.45, 2.75) is 19.1 Å². The lowest BCUT2D eigenvalue weighted by Gasteiger charge is -2.06. The number of nitrogens with zero attached hydrogens (tertiary/aromatic N) is 1. The second-order valence-corrected chi connectivity index (χ2v) is 7.45. The molecule has 1 heterocycles. The molecule has 1 aromatic carbocycles. The molecular formula is C14H19N3O2S2. The van der Waals surface area contributed by atoms with Crippen molar-refractivity contribution >= 4 is 26.5 Å². The van der Waals surface area contributed by atoms with Crippen molar-refractivity contribution in [3.63, 3.8) is 0 Å². The van der Waals surface area contributed by atoms with Gasteiger partial charge in [0.25, 0.3) is 0 Å². The van der Waals surface area contributed by atoms with Gasteiger partial charge in [-0.3, -0.25) is 0 Å². The molecule has 0 saturated heterocycles. The summed E-state index contributed by atoms with van der Waals surface area (Å²) in [6.07, 6.45) is 0.589. The topological polar surface area (TPSA) is 71.1 Å². The summed E-state index contributed by atoms with van der Waals surface area (Å²) in [7, 11) is -1.49. The molecule has 0 unspecified atom stereocenters. The quantitative estimate of drug-likeness (QED) is 0.818. The van der Waals surface area contributed by atoms with E-state index in [4.69, 9.17) is 0 Å². The highest BCUT2D eigenvalue weighted by molar-refractivity contribution is 7.88. The zero-order valence-electron chi connectivity index (χ0n) is 12.1. The van der Waals surface area contributed by atoms with E-state index in [2.05, 4.69) is 15.0 Å². The monoisotopic (exact) mass is 325 g/mol. The Labute approximate surface area is 129 Å². The molecule has 0 aliphatic rings. The highest BCUT2D eigenvalue weighted by atomic mass is 32.2. The van der Waals surface area contributed by atoms with Crippen LogP contribution in [-0.4, -0.2) is 27.0 Å². The number of sulfonamides is 1. The Morgan fingerprint density at radius 3 is 2.57 bits per heavy atom. The number of benzene rings is 1. The first-order valence-corrected chi connectivity index (χ1v) is 9.17. The minimum Gasteiger partial charge on any atom is -0.365 e. The Hall–Kier alpha value is -1.44. The van der Waals surface area contributed by atoms with Crippen LogP contribution in [0.5, 0.6) is 0 Å². The fourth-order valence-electron chi connectivity index (χ4n) is 1.83. The fraction of sp³-hybridized carbons (Fsp3) is 0.357. The molecular weight excluding hydrogens is 306 g/mol. The number of thiazole rings is 1. The van der Waals surface area contributed by atoms with Crippen LogP contribution in [0.2, 0.25) is 0 Å². The minimum absolute atomic E-state index is 0.00606. The van der Waals surface area contributed by atoms with E-state index in [-0.39, 0.29) is 5.75 Å². The van der Waals surface area contributed by atoms with Gasteiger partial charge in [0.2, 0.25) is 10.0 Å². The number of hydrogen-bond acceptors (Lipinski definition) is 5. The third kappa shape index (κ3) is 5.11. The van der Waals surface area contributed by atoms with Crippen LogP contribution < -0.4 is 10.0 Å². The Bertz CT molecular complexity index is 678. The van der Waals surface area contributed by atoms with E-state index in [1.807, 2.05) is 43.6 Å². The van der Waals surface area contributed by atoms with Gasteiger partial charge in [-0.15, -0.1) is 11.3 Å². The number of aromatic nitrogens is 1. The summed E-state index contributed by atoms with van der Waals surface area (Å²) in [6.45, 7) is 2.34. The number of hydrogen-bond donors (Lipinski definition) is 2. The molecule has 0 atom stereocenters. The van der Waals surface area contributed by atoms with Gasteiger partial charge in [0, 0.05) is 25.4 Å². The van der Waals surface area contributed by atoms with Crippen molar-refractivity contribution in [2.24, 2.45) is 0 Å². The smallest absolute Gasteiger partial charge is 0.215 e. The summed E-state index contributed by atoms with van der Waals surface area (Å²) in [5.74, 6) is 0.00606. The molecule has 21 heavy (non-hydrogen) atoms. The van der Waals surface area contributed by atoms with Crippen molar-refractivity contribution in [3.05, 3.63) is 46.5 Å². The molecule has 2 rings (SSSR count). The van der Waals surface area contributed by atoms with E-state index < -0.39 is 10.0 Å². The van der Waals surface area contributed by atoms with Crippen molar-refractivity contribution < 1.29 is 8.42 Å². The summed E-state index contributed by atoms with van der Waals surface area (Å²) in [4.78, 5) is 4.31. The van der Waals surface area contributed by atoms with E-state index in [1.54, 1.807) is 0 Å².